The van der Waals surface area contributed by atoms with Crippen molar-refractivity contribution < 1.29 is 4.79 Å². The minimum Gasteiger partial charge on any atom is -0.307 e. The summed E-state index contributed by atoms with van der Waals surface area (Å²) in [6.45, 7) is 3.02. The number of aryl methyl sites for hydroxylation is 1. The number of rotatable bonds is 2. The Balaban J connectivity index is 2.12. The van der Waals surface area contributed by atoms with Crippen LogP contribution in [0.3, 0.4) is 0 Å². The number of carbonyl (C=O) groups excluding carboxylic acids is 1. The van der Waals surface area contributed by atoms with Crippen LogP contribution in [0.4, 0.5) is 0 Å². The highest BCUT2D eigenvalue weighted by molar-refractivity contribution is 7.10. The summed E-state index contributed by atoms with van der Waals surface area (Å²) in [5.74, 6) is 0.266. The molecule has 70 valence electrons. The van der Waals surface area contributed by atoms with Gasteiger partial charge in [0, 0.05) is 15.8 Å². The normalized spacial score (nSPS) is 22.1. The van der Waals surface area contributed by atoms with E-state index >= 15 is 0 Å². The molecule has 1 aromatic rings. The first kappa shape index (κ1) is 8.91. The summed E-state index contributed by atoms with van der Waals surface area (Å²) in [6.07, 6.45) is 2.12. The van der Waals surface area contributed by atoms with Gasteiger partial charge in [0.05, 0.1) is 6.04 Å². The summed E-state index contributed by atoms with van der Waals surface area (Å²) in [5, 5.41) is 5.18. The van der Waals surface area contributed by atoms with Gasteiger partial charge in [-0.05, 0) is 32.4 Å². The van der Waals surface area contributed by atoms with Crippen LogP contribution in [0.5, 0.6) is 0 Å². The van der Waals surface area contributed by atoms with Gasteiger partial charge in [0.25, 0.3) is 0 Å². The summed E-state index contributed by atoms with van der Waals surface area (Å²) in [4.78, 5) is 13.0. The lowest BCUT2D eigenvalue weighted by Crippen LogP contribution is -2.30. The smallest absolute Gasteiger partial charge is 0.180 e. The second-order valence-corrected chi connectivity index (χ2v) is 4.57. The third-order valence-electron chi connectivity index (χ3n) is 2.39. The first-order valence-electron chi connectivity index (χ1n) is 4.60. The SMILES string of the molecule is Cc1cc(C(=O)C2CCCN2)cs1. The van der Waals surface area contributed by atoms with Gasteiger partial charge in [-0.15, -0.1) is 11.3 Å². The van der Waals surface area contributed by atoms with Gasteiger partial charge >= 0.3 is 0 Å². The molecule has 2 nitrogen and oxygen atoms in total. The molecule has 1 saturated heterocycles. The predicted octanol–water partition coefficient (Wildman–Crippen LogP) is 1.99. The molecule has 0 bridgehead atoms. The number of thiophene rings is 1. The van der Waals surface area contributed by atoms with E-state index in [1.807, 2.05) is 18.4 Å². The fraction of sp³-hybridized carbons (Fsp3) is 0.500. The fourth-order valence-electron chi connectivity index (χ4n) is 1.68. The van der Waals surface area contributed by atoms with Crippen LogP contribution < -0.4 is 5.32 Å². The van der Waals surface area contributed by atoms with Crippen LogP contribution in [0.25, 0.3) is 0 Å². The Hall–Kier alpha value is -0.670. The zero-order valence-corrected chi connectivity index (χ0v) is 8.49. The molecule has 1 fully saturated rings. The third-order valence-corrected chi connectivity index (χ3v) is 3.25. The van der Waals surface area contributed by atoms with Gasteiger partial charge in [-0.1, -0.05) is 0 Å². The molecule has 1 aliphatic heterocycles. The topological polar surface area (TPSA) is 29.1 Å². The van der Waals surface area contributed by atoms with Crippen molar-refractivity contribution in [3.05, 3.63) is 21.9 Å². The van der Waals surface area contributed by atoms with E-state index in [4.69, 9.17) is 0 Å². The van der Waals surface area contributed by atoms with Gasteiger partial charge in [0.15, 0.2) is 5.78 Å². The zero-order valence-electron chi connectivity index (χ0n) is 7.67. The average Bonchev–Trinajstić information content (AvgIpc) is 2.72. The van der Waals surface area contributed by atoms with Gasteiger partial charge < -0.3 is 5.32 Å². The number of ketones is 1. The first-order valence-corrected chi connectivity index (χ1v) is 5.48. The van der Waals surface area contributed by atoms with Gasteiger partial charge in [0.2, 0.25) is 0 Å². The second-order valence-electron chi connectivity index (χ2n) is 3.46. The lowest BCUT2D eigenvalue weighted by molar-refractivity contribution is 0.0952. The van der Waals surface area contributed by atoms with E-state index in [0.717, 1.165) is 24.9 Å². The minimum atomic E-state index is 0.0778. The van der Waals surface area contributed by atoms with Crippen LogP contribution in [-0.4, -0.2) is 18.4 Å². The molecule has 0 spiro atoms. The molecule has 1 unspecified atom stereocenters. The molecule has 0 aliphatic carbocycles. The van der Waals surface area contributed by atoms with Crippen LogP contribution in [0.15, 0.2) is 11.4 Å². The van der Waals surface area contributed by atoms with E-state index < -0.39 is 0 Å². The van der Waals surface area contributed by atoms with Crippen molar-refractivity contribution in [2.24, 2.45) is 0 Å². The van der Waals surface area contributed by atoms with Crippen molar-refractivity contribution in [3.63, 3.8) is 0 Å². The molecule has 2 heterocycles. The van der Waals surface area contributed by atoms with E-state index in [-0.39, 0.29) is 11.8 Å². The average molecular weight is 195 g/mol. The first-order chi connectivity index (χ1) is 6.27. The Labute approximate surface area is 82.0 Å². The quantitative estimate of drug-likeness (QED) is 0.731. The molecule has 0 aromatic carbocycles. The van der Waals surface area contributed by atoms with Crippen LogP contribution >= 0.6 is 11.3 Å². The lowest BCUT2D eigenvalue weighted by atomic mass is 10.1. The van der Waals surface area contributed by atoms with Crippen molar-refractivity contribution in [1.29, 1.82) is 0 Å². The highest BCUT2D eigenvalue weighted by Gasteiger charge is 2.23. The van der Waals surface area contributed by atoms with Crippen molar-refractivity contribution in [3.8, 4) is 0 Å². The Morgan fingerprint density at radius 2 is 2.54 bits per heavy atom. The number of hydrogen-bond donors (Lipinski definition) is 1. The van der Waals surface area contributed by atoms with Crippen LogP contribution in [0.1, 0.15) is 28.1 Å². The molecule has 0 amide bonds. The van der Waals surface area contributed by atoms with E-state index in [0.29, 0.717) is 0 Å². The largest absolute Gasteiger partial charge is 0.307 e. The summed E-state index contributed by atoms with van der Waals surface area (Å²) in [5.41, 5.74) is 0.877. The molecule has 1 aliphatic rings. The molecule has 0 radical (unpaired) electrons. The van der Waals surface area contributed by atoms with Gasteiger partial charge in [-0.3, -0.25) is 4.79 Å². The maximum absolute atomic E-state index is 11.8. The number of carbonyl (C=O) groups is 1. The molecule has 1 aromatic heterocycles. The molecule has 13 heavy (non-hydrogen) atoms. The maximum atomic E-state index is 11.8. The molecular weight excluding hydrogens is 182 g/mol. The molecule has 0 saturated carbocycles. The van der Waals surface area contributed by atoms with E-state index in [1.54, 1.807) is 11.3 Å². The lowest BCUT2D eigenvalue weighted by Gasteiger charge is -2.06. The maximum Gasteiger partial charge on any atom is 0.180 e. The Morgan fingerprint density at radius 1 is 1.69 bits per heavy atom. The second kappa shape index (κ2) is 3.60. The summed E-state index contributed by atoms with van der Waals surface area (Å²) >= 11 is 1.64. The van der Waals surface area contributed by atoms with Gasteiger partial charge in [0.1, 0.15) is 0 Å². The summed E-state index contributed by atoms with van der Waals surface area (Å²) < 4.78 is 0. The van der Waals surface area contributed by atoms with Crippen molar-refractivity contribution in [2.45, 2.75) is 25.8 Å². The molecule has 1 N–H and O–H groups in total. The van der Waals surface area contributed by atoms with E-state index in [9.17, 15) is 4.79 Å². The van der Waals surface area contributed by atoms with Crippen LogP contribution in [-0.2, 0) is 0 Å². The predicted molar refractivity (Wildman–Crippen MR) is 54.4 cm³/mol. The molecule has 1 atom stereocenters. The Kier molecular flexibility index (Phi) is 2.47. The third kappa shape index (κ3) is 1.81. The number of hydrogen-bond acceptors (Lipinski definition) is 3. The van der Waals surface area contributed by atoms with E-state index in [2.05, 4.69) is 5.32 Å². The summed E-state index contributed by atoms with van der Waals surface area (Å²) in [6, 6.07) is 2.06. The number of nitrogens with one attached hydrogen (secondary N) is 1. The van der Waals surface area contributed by atoms with Crippen molar-refractivity contribution >= 4 is 17.1 Å². The molecule has 2 rings (SSSR count). The number of Topliss-reactive ketones (excluding diaryl/α,β-unsaturated/α-hetero) is 1. The highest BCUT2D eigenvalue weighted by Crippen LogP contribution is 2.17. The van der Waals surface area contributed by atoms with Crippen molar-refractivity contribution in [2.75, 3.05) is 6.54 Å². The van der Waals surface area contributed by atoms with Crippen LogP contribution in [0.2, 0.25) is 0 Å². The van der Waals surface area contributed by atoms with E-state index in [1.165, 1.54) is 4.88 Å². The standard InChI is InChI=1S/C10H13NOS/c1-7-5-8(6-13-7)10(12)9-3-2-4-11-9/h5-6,9,11H,2-4H2,1H3. The van der Waals surface area contributed by atoms with Gasteiger partial charge in [-0.2, -0.15) is 0 Å². The Bertz CT molecular complexity index is 312. The monoisotopic (exact) mass is 195 g/mol. The fourth-order valence-corrected chi connectivity index (χ4v) is 2.37. The Morgan fingerprint density at radius 3 is 3.08 bits per heavy atom. The molecule has 3 heteroatoms. The minimum absolute atomic E-state index is 0.0778. The van der Waals surface area contributed by atoms with Gasteiger partial charge in [-0.25, -0.2) is 0 Å². The van der Waals surface area contributed by atoms with Crippen LogP contribution in [0, 0.1) is 6.92 Å². The summed E-state index contributed by atoms with van der Waals surface area (Å²) in [7, 11) is 0. The van der Waals surface area contributed by atoms with Crippen molar-refractivity contribution in [1.82, 2.24) is 5.32 Å². The zero-order chi connectivity index (χ0) is 9.26. The molecular formula is C10H13NOS. The highest BCUT2D eigenvalue weighted by atomic mass is 32.1.